The molecule has 0 amide bonds. The summed E-state index contributed by atoms with van der Waals surface area (Å²) in [6.07, 6.45) is 3.75. The second-order valence-corrected chi connectivity index (χ2v) is 5.69. The summed E-state index contributed by atoms with van der Waals surface area (Å²) in [5, 5.41) is 4.25. The monoisotopic (exact) mass is 342 g/mol. The van der Waals surface area contributed by atoms with E-state index in [1.165, 1.54) is 11.1 Å². The minimum absolute atomic E-state index is 0.590. The minimum Gasteiger partial charge on any atom is -0.489 e. The molecule has 0 fully saturated rings. The zero-order valence-corrected chi connectivity index (χ0v) is 13.0. The molecule has 0 aliphatic carbocycles. The quantitative estimate of drug-likeness (QED) is 0.692. The van der Waals surface area contributed by atoms with Crippen molar-refractivity contribution in [2.24, 2.45) is 0 Å². The highest BCUT2D eigenvalue weighted by molar-refractivity contribution is 9.10. The molecular weight excluding hydrogens is 328 g/mol. The third-order valence-electron chi connectivity index (χ3n) is 3.12. The summed E-state index contributed by atoms with van der Waals surface area (Å²) < 4.78 is 8.66. The highest BCUT2D eigenvalue weighted by Gasteiger charge is 1.99. The molecule has 2 aromatic carbocycles. The van der Waals surface area contributed by atoms with E-state index in [1.54, 1.807) is 6.20 Å². The molecule has 0 saturated heterocycles. The number of ether oxygens (including phenoxy) is 1. The smallest absolute Gasteiger partial charge is 0.119 e. The van der Waals surface area contributed by atoms with Crippen molar-refractivity contribution in [2.45, 2.75) is 13.2 Å². The zero-order chi connectivity index (χ0) is 14.5. The van der Waals surface area contributed by atoms with Gasteiger partial charge in [0.25, 0.3) is 0 Å². The number of hydrogen-bond acceptors (Lipinski definition) is 2. The molecule has 4 heteroatoms. The Hall–Kier alpha value is -2.07. The van der Waals surface area contributed by atoms with Gasteiger partial charge in [0.05, 0.1) is 17.2 Å². The van der Waals surface area contributed by atoms with Crippen LogP contribution >= 0.6 is 15.9 Å². The Kier molecular flexibility index (Phi) is 4.36. The molecule has 0 spiro atoms. The van der Waals surface area contributed by atoms with E-state index in [0.717, 1.165) is 16.8 Å². The number of hydrogen-bond donors (Lipinski definition) is 0. The van der Waals surface area contributed by atoms with Gasteiger partial charge in [0.2, 0.25) is 0 Å². The average molecular weight is 343 g/mol. The molecule has 0 N–H and O–H groups in total. The van der Waals surface area contributed by atoms with Crippen LogP contribution in [0.25, 0.3) is 0 Å². The number of nitrogens with zero attached hydrogens (tertiary/aromatic N) is 2. The standard InChI is InChI=1S/C17H15BrN2O/c18-16-10-19-20(12-16)11-14-6-8-17(9-7-14)21-13-15-4-2-1-3-5-15/h1-10,12H,11,13H2. The van der Waals surface area contributed by atoms with Crippen LogP contribution in [0.3, 0.4) is 0 Å². The van der Waals surface area contributed by atoms with Crippen LogP contribution < -0.4 is 4.74 Å². The van der Waals surface area contributed by atoms with E-state index in [0.29, 0.717) is 6.61 Å². The van der Waals surface area contributed by atoms with Gasteiger partial charge in [0, 0.05) is 6.20 Å². The van der Waals surface area contributed by atoms with E-state index >= 15 is 0 Å². The maximum Gasteiger partial charge on any atom is 0.119 e. The Balaban J connectivity index is 1.59. The van der Waals surface area contributed by atoms with E-state index in [1.807, 2.05) is 41.2 Å². The first-order chi connectivity index (χ1) is 10.3. The third kappa shape index (κ3) is 3.95. The molecule has 0 bridgehead atoms. The van der Waals surface area contributed by atoms with Crippen molar-refractivity contribution < 1.29 is 4.74 Å². The molecule has 0 aliphatic heterocycles. The second kappa shape index (κ2) is 6.59. The normalized spacial score (nSPS) is 10.5. The van der Waals surface area contributed by atoms with Gasteiger partial charge in [-0.3, -0.25) is 4.68 Å². The lowest BCUT2D eigenvalue weighted by Crippen LogP contribution is -2.00. The van der Waals surface area contributed by atoms with Gasteiger partial charge in [-0.25, -0.2) is 0 Å². The van der Waals surface area contributed by atoms with Gasteiger partial charge < -0.3 is 4.74 Å². The van der Waals surface area contributed by atoms with Crippen LogP contribution in [0.4, 0.5) is 0 Å². The molecule has 106 valence electrons. The van der Waals surface area contributed by atoms with E-state index < -0.39 is 0 Å². The fraction of sp³-hybridized carbons (Fsp3) is 0.118. The average Bonchev–Trinajstić information content (AvgIpc) is 2.93. The summed E-state index contributed by atoms with van der Waals surface area (Å²) in [6, 6.07) is 18.3. The predicted octanol–water partition coefficient (Wildman–Crippen LogP) is 4.27. The van der Waals surface area contributed by atoms with Crippen LogP contribution in [-0.2, 0) is 13.2 Å². The number of aromatic nitrogens is 2. The van der Waals surface area contributed by atoms with E-state index in [-0.39, 0.29) is 0 Å². The lowest BCUT2D eigenvalue weighted by atomic mass is 10.2. The fourth-order valence-electron chi connectivity index (χ4n) is 2.04. The van der Waals surface area contributed by atoms with Crippen LogP contribution in [-0.4, -0.2) is 9.78 Å². The Labute approximate surface area is 132 Å². The first-order valence-electron chi connectivity index (χ1n) is 6.73. The molecular formula is C17H15BrN2O. The maximum absolute atomic E-state index is 5.77. The summed E-state index contributed by atoms with van der Waals surface area (Å²) >= 11 is 3.40. The van der Waals surface area contributed by atoms with Crippen LogP contribution in [0, 0.1) is 0 Å². The van der Waals surface area contributed by atoms with Gasteiger partial charge >= 0.3 is 0 Å². The third-order valence-corrected chi connectivity index (χ3v) is 3.53. The Morgan fingerprint density at radius 2 is 1.71 bits per heavy atom. The van der Waals surface area contributed by atoms with Crippen LogP contribution in [0.15, 0.2) is 71.5 Å². The van der Waals surface area contributed by atoms with Gasteiger partial charge in [0.1, 0.15) is 12.4 Å². The molecule has 1 aromatic heterocycles. The molecule has 0 saturated carbocycles. The van der Waals surface area contributed by atoms with Crippen molar-refractivity contribution in [1.82, 2.24) is 9.78 Å². The van der Waals surface area contributed by atoms with Gasteiger partial charge in [-0.05, 0) is 39.2 Å². The molecule has 0 unspecified atom stereocenters. The second-order valence-electron chi connectivity index (χ2n) is 4.77. The summed E-state index contributed by atoms with van der Waals surface area (Å²) in [6.45, 7) is 1.34. The van der Waals surface area contributed by atoms with Crippen molar-refractivity contribution in [3.05, 3.63) is 82.6 Å². The molecule has 21 heavy (non-hydrogen) atoms. The summed E-state index contributed by atoms with van der Waals surface area (Å²) in [5.41, 5.74) is 2.36. The van der Waals surface area contributed by atoms with E-state index in [2.05, 4.69) is 45.3 Å². The first kappa shape index (κ1) is 13.9. The molecule has 3 aromatic rings. The zero-order valence-electron chi connectivity index (χ0n) is 11.4. The highest BCUT2D eigenvalue weighted by atomic mass is 79.9. The van der Waals surface area contributed by atoms with Gasteiger partial charge in [-0.1, -0.05) is 42.5 Å². The summed E-state index contributed by atoms with van der Waals surface area (Å²) in [7, 11) is 0. The van der Waals surface area contributed by atoms with Gasteiger partial charge in [-0.15, -0.1) is 0 Å². The van der Waals surface area contributed by atoms with Crippen LogP contribution in [0.1, 0.15) is 11.1 Å². The fourth-order valence-corrected chi connectivity index (χ4v) is 2.37. The maximum atomic E-state index is 5.77. The Morgan fingerprint density at radius 1 is 0.952 bits per heavy atom. The molecule has 3 rings (SSSR count). The van der Waals surface area contributed by atoms with Gasteiger partial charge in [0.15, 0.2) is 0 Å². The van der Waals surface area contributed by atoms with E-state index in [9.17, 15) is 0 Å². The van der Waals surface area contributed by atoms with Crippen molar-refractivity contribution in [1.29, 1.82) is 0 Å². The lowest BCUT2D eigenvalue weighted by molar-refractivity contribution is 0.306. The summed E-state index contributed by atoms with van der Waals surface area (Å²) in [5.74, 6) is 0.879. The van der Waals surface area contributed by atoms with Crippen molar-refractivity contribution >= 4 is 15.9 Å². The van der Waals surface area contributed by atoms with Crippen molar-refractivity contribution in [3.8, 4) is 5.75 Å². The SMILES string of the molecule is Brc1cnn(Cc2ccc(OCc3ccccc3)cc2)c1. The van der Waals surface area contributed by atoms with E-state index in [4.69, 9.17) is 4.74 Å². The highest BCUT2D eigenvalue weighted by Crippen LogP contribution is 2.15. The number of rotatable bonds is 5. The topological polar surface area (TPSA) is 27.1 Å². The van der Waals surface area contributed by atoms with Crippen molar-refractivity contribution in [2.75, 3.05) is 0 Å². The van der Waals surface area contributed by atoms with Gasteiger partial charge in [-0.2, -0.15) is 5.10 Å². The molecule has 0 radical (unpaired) electrons. The molecule has 1 heterocycles. The van der Waals surface area contributed by atoms with Crippen molar-refractivity contribution in [3.63, 3.8) is 0 Å². The first-order valence-corrected chi connectivity index (χ1v) is 7.52. The number of halogens is 1. The van der Waals surface area contributed by atoms with Crippen LogP contribution in [0.2, 0.25) is 0 Å². The molecule has 3 nitrogen and oxygen atoms in total. The largest absolute Gasteiger partial charge is 0.489 e. The van der Waals surface area contributed by atoms with Crippen LogP contribution in [0.5, 0.6) is 5.75 Å². The minimum atomic E-state index is 0.590. The number of benzene rings is 2. The Bertz CT molecular complexity index is 692. The lowest BCUT2D eigenvalue weighted by Gasteiger charge is -2.07. The molecule has 0 aliphatic rings. The molecule has 0 atom stereocenters. The Morgan fingerprint density at radius 3 is 2.38 bits per heavy atom. The summed E-state index contributed by atoms with van der Waals surface area (Å²) in [4.78, 5) is 0. The predicted molar refractivity (Wildman–Crippen MR) is 86.2 cm³/mol.